The van der Waals surface area contributed by atoms with Gasteiger partial charge in [0.05, 0.1) is 11.3 Å². The van der Waals surface area contributed by atoms with Crippen LogP contribution in [0.1, 0.15) is 65.5 Å². The van der Waals surface area contributed by atoms with Gasteiger partial charge in [0, 0.05) is 17.4 Å². The molecule has 1 amide bonds. The SMILES string of the molecule is Cc1ccc(NC(=O)c2cc(C)n(C3CCCCC3)c2C)c(F)c1. The zero-order chi connectivity index (χ0) is 17.3. The van der Waals surface area contributed by atoms with E-state index in [2.05, 4.69) is 9.88 Å². The summed E-state index contributed by atoms with van der Waals surface area (Å²) in [7, 11) is 0. The summed E-state index contributed by atoms with van der Waals surface area (Å²) in [4.78, 5) is 12.6. The van der Waals surface area contributed by atoms with Gasteiger partial charge in [-0.25, -0.2) is 4.39 Å². The third-order valence-corrected chi connectivity index (χ3v) is 5.04. The lowest BCUT2D eigenvalue weighted by atomic mass is 9.95. The van der Waals surface area contributed by atoms with Crippen molar-refractivity contribution in [3.8, 4) is 0 Å². The van der Waals surface area contributed by atoms with E-state index in [0.717, 1.165) is 17.0 Å². The first-order valence-corrected chi connectivity index (χ1v) is 8.73. The summed E-state index contributed by atoms with van der Waals surface area (Å²) in [5, 5.41) is 2.71. The van der Waals surface area contributed by atoms with Crippen molar-refractivity contribution < 1.29 is 9.18 Å². The van der Waals surface area contributed by atoms with Crippen molar-refractivity contribution in [1.82, 2.24) is 4.57 Å². The maximum Gasteiger partial charge on any atom is 0.257 e. The van der Waals surface area contributed by atoms with E-state index in [-0.39, 0.29) is 11.6 Å². The Kier molecular flexibility index (Phi) is 4.74. The molecule has 128 valence electrons. The molecule has 1 aromatic heterocycles. The molecule has 1 aromatic carbocycles. The number of amides is 1. The van der Waals surface area contributed by atoms with Crippen LogP contribution in [0.3, 0.4) is 0 Å². The monoisotopic (exact) mass is 328 g/mol. The minimum Gasteiger partial charge on any atom is -0.345 e. The molecular weight excluding hydrogens is 303 g/mol. The quantitative estimate of drug-likeness (QED) is 0.814. The van der Waals surface area contributed by atoms with Gasteiger partial charge in [0.1, 0.15) is 5.82 Å². The molecule has 1 aliphatic rings. The largest absolute Gasteiger partial charge is 0.345 e. The normalized spacial score (nSPS) is 15.5. The maximum atomic E-state index is 14.0. The van der Waals surface area contributed by atoms with Gasteiger partial charge in [0.15, 0.2) is 0 Å². The zero-order valence-electron chi connectivity index (χ0n) is 14.7. The molecule has 2 aromatic rings. The van der Waals surface area contributed by atoms with Crippen molar-refractivity contribution in [3.05, 3.63) is 52.6 Å². The van der Waals surface area contributed by atoms with Crippen LogP contribution in [0.2, 0.25) is 0 Å². The molecule has 0 unspecified atom stereocenters. The second-order valence-electron chi connectivity index (χ2n) is 6.88. The van der Waals surface area contributed by atoms with Crippen molar-refractivity contribution >= 4 is 11.6 Å². The molecule has 3 rings (SSSR count). The van der Waals surface area contributed by atoms with Crippen molar-refractivity contribution in [2.45, 2.75) is 58.9 Å². The zero-order valence-corrected chi connectivity index (χ0v) is 14.7. The lowest BCUT2D eigenvalue weighted by Crippen LogP contribution is -2.17. The molecule has 1 heterocycles. The molecule has 0 radical (unpaired) electrons. The molecule has 1 aliphatic carbocycles. The number of carbonyl (C=O) groups excluding carboxylic acids is 1. The maximum absolute atomic E-state index is 14.0. The topological polar surface area (TPSA) is 34.0 Å². The molecule has 1 N–H and O–H groups in total. The molecule has 0 saturated heterocycles. The van der Waals surface area contributed by atoms with Crippen LogP contribution in [0.25, 0.3) is 0 Å². The Morgan fingerprint density at radius 2 is 1.83 bits per heavy atom. The number of hydrogen-bond donors (Lipinski definition) is 1. The van der Waals surface area contributed by atoms with Crippen molar-refractivity contribution in [2.24, 2.45) is 0 Å². The number of aromatic nitrogens is 1. The van der Waals surface area contributed by atoms with E-state index in [1.165, 1.54) is 38.2 Å². The van der Waals surface area contributed by atoms with Gasteiger partial charge >= 0.3 is 0 Å². The van der Waals surface area contributed by atoms with Crippen LogP contribution in [0, 0.1) is 26.6 Å². The first-order valence-electron chi connectivity index (χ1n) is 8.73. The standard InChI is InChI=1S/C20H25FN2O/c1-13-9-10-19(18(21)11-13)22-20(24)17-12-14(2)23(15(17)3)16-7-5-4-6-8-16/h9-12,16H,4-8H2,1-3H3,(H,22,24). The Morgan fingerprint density at radius 3 is 2.50 bits per heavy atom. The number of hydrogen-bond acceptors (Lipinski definition) is 1. The number of nitrogens with zero attached hydrogens (tertiary/aromatic N) is 1. The van der Waals surface area contributed by atoms with E-state index in [1.54, 1.807) is 12.1 Å². The number of rotatable bonds is 3. The number of carbonyl (C=O) groups is 1. The van der Waals surface area contributed by atoms with E-state index in [9.17, 15) is 9.18 Å². The molecule has 1 fully saturated rings. The summed E-state index contributed by atoms with van der Waals surface area (Å²) >= 11 is 0. The van der Waals surface area contributed by atoms with E-state index < -0.39 is 5.82 Å². The molecule has 0 bridgehead atoms. The van der Waals surface area contributed by atoms with Crippen LogP contribution in [0.15, 0.2) is 24.3 Å². The summed E-state index contributed by atoms with van der Waals surface area (Å²) < 4.78 is 16.3. The second kappa shape index (κ2) is 6.80. The highest BCUT2D eigenvalue weighted by Crippen LogP contribution is 2.32. The van der Waals surface area contributed by atoms with Gasteiger partial charge in [-0.05, 0) is 57.4 Å². The molecular formula is C20H25FN2O. The number of nitrogens with one attached hydrogen (secondary N) is 1. The highest BCUT2D eigenvalue weighted by Gasteiger charge is 2.23. The van der Waals surface area contributed by atoms with Crippen molar-refractivity contribution in [3.63, 3.8) is 0 Å². The van der Waals surface area contributed by atoms with Crippen LogP contribution in [0.4, 0.5) is 10.1 Å². The van der Waals surface area contributed by atoms with Crippen LogP contribution in [-0.2, 0) is 0 Å². The molecule has 0 spiro atoms. The highest BCUT2D eigenvalue weighted by atomic mass is 19.1. The van der Waals surface area contributed by atoms with Crippen molar-refractivity contribution in [2.75, 3.05) is 5.32 Å². The van der Waals surface area contributed by atoms with Gasteiger partial charge in [-0.3, -0.25) is 4.79 Å². The summed E-state index contributed by atoms with van der Waals surface area (Å²) in [6, 6.07) is 7.25. The summed E-state index contributed by atoms with van der Waals surface area (Å²) in [5.74, 6) is -0.641. The van der Waals surface area contributed by atoms with Gasteiger partial charge in [0.25, 0.3) is 5.91 Å². The molecule has 3 nitrogen and oxygen atoms in total. The molecule has 0 aliphatic heterocycles. The number of benzene rings is 1. The van der Waals surface area contributed by atoms with Crippen LogP contribution in [0.5, 0.6) is 0 Å². The number of anilines is 1. The fourth-order valence-electron chi connectivity index (χ4n) is 3.82. The number of halogens is 1. The molecule has 0 atom stereocenters. The molecule has 1 saturated carbocycles. The minimum atomic E-state index is -0.399. The van der Waals surface area contributed by atoms with Gasteiger partial charge in [-0.2, -0.15) is 0 Å². The second-order valence-corrected chi connectivity index (χ2v) is 6.88. The predicted molar refractivity (Wildman–Crippen MR) is 95.1 cm³/mol. The van der Waals surface area contributed by atoms with Gasteiger partial charge < -0.3 is 9.88 Å². The average Bonchev–Trinajstić information content (AvgIpc) is 2.85. The third kappa shape index (κ3) is 3.23. The minimum absolute atomic E-state index is 0.230. The van der Waals surface area contributed by atoms with Gasteiger partial charge in [-0.15, -0.1) is 0 Å². The van der Waals surface area contributed by atoms with E-state index in [4.69, 9.17) is 0 Å². The smallest absolute Gasteiger partial charge is 0.257 e. The fraction of sp³-hybridized carbons (Fsp3) is 0.450. The third-order valence-electron chi connectivity index (χ3n) is 5.04. The van der Waals surface area contributed by atoms with Crippen LogP contribution in [-0.4, -0.2) is 10.5 Å². The van der Waals surface area contributed by atoms with Gasteiger partial charge in [0.2, 0.25) is 0 Å². The first-order chi connectivity index (χ1) is 11.5. The Hall–Kier alpha value is -2.10. The Morgan fingerprint density at radius 1 is 1.12 bits per heavy atom. The first kappa shape index (κ1) is 16.7. The van der Waals surface area contributed by atoms with E-state index >= 15 is 0 Å². The summed E-state index contributed by atoms with van der Waals surface area (Å²) in [6.45, 7) is 5.86. The summed E-state index contributed by atoms with van der Waals surface area (Å²) in [6.07, 6.45) is 6.14. The Bertz CT molecular complexity index is 757. The highest BCUT2D eigenvalue weighted by molar-refractivity contribution is 6.05. The van der Waals surface area contributed by atoms with Crippen LogP contribution >= 0.6 is 0 Å². The molecule has 4 heteroatoms. The van der Waals surface area contributed by atoms with E-state index in [0.29, 0.717) is 11.6 Å². The van der Waals surface area contributed by atoms with Crippen LogP contribution < -0.4 is 5.32 Å². The summed E-state index contributed by atoms with van der Waals surface area (Å²) in [5.41, 5.74) is 3.78. The average molecular weight is 328 g/mol. The molecule has 24 heavy (non-hydrogen) atoms. The predicted octanol–water partition coefficient (Wildman–Crippen LogP) is 5.31. The Balaban J connectivity index is 1.85. The number of aryl methyl sites for hydroxylation is 2. The lowest BCUT2D eigenvalue weighted by molar-refractivity contribution is 0.102. The lowest BCUT2D eigenvalue weighted by Gasteiger charge is -2.26. The van der Waals surface area contributed by atoms with E-state index in [1.807, 2.05) is 26.8 Å². The van der Waals surface area contributed by atoms with Gasteiger partial charge in [-0.1, -0.05) is 25.3 Å². The Labute approximate surface area is 142 Å². The fourth-order valence-corrected chi connectivity index (χ4v) is 3.82. The van der Waals surface area contributed by atoms with Crippen molar-refractivity contribution in [1.29, 1.82) is 0 Å².